The fraction of sp³-hybridized carbons (Fsp3) is 0.455. The highest BCUT2D eigenvalue weighted by atomic mass is 16.5. The summed E-state index contributed by atoms with van der Waals surface area (Å²) < 4.78 is 16.1. The lowest BCUT2D eigenvalue weighted by Crippen LogP contribution is -2.31. The van der Waals surface area contributed by atoms with Crippen molar-refractivity contribution >= 4 is 17.4 Å². The first-order valence-electron chi connectivity index (χ1n) is 10.3. The number of amides is 1. The third-order valence-electron chi connectivity index (χ3n) is 5.06. The maximum atomic E-state index is 12.8. The highest BCUT2D eigenvalue weighted by Gasteiger charge is 2.19. The van der Waals surface area contributed by atoms with Crippen LogP contribution in [0.5, 0.6) is 5.88 Å². The third-order valence-corrected chi connectivity index (χ3v) is 5.06. The van der Waals surface area contributed by atoms with E-state index in [0.29, 0.717) is 30.3 Å². The number of nitrogens with zero attached hydrogens (tertiary/aromatic N) is 2. The Balaban J connectivity index is 1.46. The third kappa shape index (κ3) is 6.81. The van der Waals surface area contributed by atoms with Crippen molar-refractivity contribution in [2.45, 2.75) is 37.8 Å². The van der Waals surface area contributed by atoms with Gasteiger partial charge in [0.25, 0.3) is 0 Å². The first-order valence-corrected chi connectivity index (χ1v) is 10.3. The van der Waals surface area contributed by atoms with E-state index >= 15 is 0 Å². The van der Waals surface area contributed by atoms with E-state index in [2.05, 4.69) is 15.5 Å². The van der Waals surface area contributed by atoms with Crippen LogP contribution in [0.4, 0.5) is 5.69 Å². The van der Waals surface area contributed by atoms with Crippen LogP contribution in [-0.4, -0.2) is 61.0 Å². The summed E-state index contributed by atoms with van der Waals surface area (Å²) in [5.74, 6) is -0.399. The van der Waals surface area contributed by atoms with Crippen molar-refractivity contribution in [3.63, 3.8) is 0 Å². The first kappa shape index (κ1) is 22.8. The molecule has 1 saturated carbocycles. The molecule has 1 heterocycles. The number of carbonyl (C=O) groups is 2. The molecule has 2 aromatic rings. The number of anilines is 1. The van der Waals surface area contributed by atoms with Gasteiger partial charge in [-0.15, -0.1) is 10.2 Å². The highest BCUT2D eigenvalue weighted by Crippen LogP contribution is 2.20. The fourth-order valence-electron chi connectivity index (χ4n) is 3.36. The molecule has 1 aliphatic carbocycles. The minimum absolute atomic E-state index is 0.135. The van der Waals surface area contributed by atoms with Crippen molar-refractivity contribution in [2.75, 3.05) is 32.2 Å². The smallest absolute Gasteiger partial charge is 0.250 e. The summed E-state index contributed by atoms with van der Waals surface area (Å²) in [6.07, 6.45) is 4.11. The summed E-state index contributed by atoms with van der Waals surface area (Å²) >= 11 is 0. The van der Waals surface area contributed by atoms with Gasteiger partial charge >= 0.3 is 0 Å². The number of nitrogens with two attached hydrogens (primary N) is 1. The van der Waals surface area contributed by atoms with Crippen LogP contribution in [0.3, 0.4) is 0 Å². The van der Waals surface area contributed by atoms with E-state index in [-0.39, 0.29) is 36.1 Å². The summed E-state index contributed by atoms with van der Waals surface area (Å²) in [6.45, 7) is 0.611. The molecule has 0 spiro atoms. The van der Waals surface area contributed by atoms with Gasteiger partial charge in [0.15, 0.2) is 0 Å². The molecule has 1 aromatic heterocycles. The number of carbonyl (C=O) groups excluding carboxylic acids is 2. The van der Waals surface area contributed by atoms with Gasteiger partial charge in [-0.05, 0) is 43.9 Å². The van der Waals surface area contributed by atoms with Gasteiger partial charge in [-0.2, -0.15) is 0 Å². The standard InChI is InChI=1S/C22H28N4O5/c1-29-21-11-10-19(25-26-21)22(28)17-4-2-3-5-18(17)24-20(27)14-30-12-13-31-16-8-6-15(23)7-9-16/h2-5,10-11,15-16H,6-9,12-14,23H2,1H3,(H,24,27)/t15-,16-. The van der Waals surface area contributed by atoms with Gasteiger partial charge in [0.2, 0.25) is 17.6 Å². The first-order chi connectivity index (χ1) is 15.1. The van der Waals surface area contributed by atoms with Gasteiger partial charge in [0, 0.05) is 17.7 Å². The normalized spacial score (nSPS) is 18.4. The molecule has 0 aliphatic heterocycles. The van der Waals surface area contributed by atoms with E-state index in [4.69, 9.17) is 19.9 Å². The number of nitrogens with one attached hydrogen (secondary N) is 1. The number of ether oxygens (including phenoxy) is 3. The van der Waals surface area contributed by atoms with Crippen LogP contribution in [-0.2, 0) is 14.3 Å². The molecule has 3 N–H and O–H groups in total. The van der Waals surface area contributed by atoms with Crippen LogP contribution in [0, 0.1) is 0 Å². The molecule has 166 valence electrons. The van der Waals surface area contributed by atoms with Gasteiger partial charge in [-0.25, -0.2) is 0 Å². The van der Waals surface area contributed by atoms with Crippen molar-refractivity contribution in [3.05, 3.63) is 47.7 Å². The molecule has 0 atom stereocenters. The molecule has 1 aromatic carbocycles. The Bertz CT molecular complexity index is 866. The largest absolute Gasteiger partial charge is 0.480 e. The molecule has 31 heavy (non-hydrogen) atoms. The number of hydrogen-bond donors (Lipinski definition) is 2. The summed E-state index contributed by atoms with van der Waals surface area (Å²) in [6, 6.07) is 10.1. The lowest BCUT2D eigenvalue weighted by atomic mass is 9.94. The molecule has 0 radical (unpaired) electrons. The number of benzene rings is 1. The van der Waals surface area contributed by atoms with Crippen LogP contribution in [0.15, 0.2) is 36.4 Å². The zero-order valence-electron chi connectivity index (χ0n) is 17.6. The van der Waals surface area contributed by atoms with Crippen molar-refractivity contribution in [1.82, 2.24) is 10.2 Å². The Morgan fingerprint density at radius 3 is 2.55 bits per heavy atom. The van der Waals surface area contributed by atoms with Crippen LogP contribution in [0.1, 0.15) is 41.7 Å². The monoisotopic (exact) mass is 428 g/mol. The van der Waals surface area contributed by atoms with Gasteiger partial charge in [0.1, 0.15) is 12.3 Å². The number of methoxy groups -OCH3 is 1. The zero-order valence-corrected chi connectivity index (χ0v) is 17.6. The number of rotatable bonds is 10. The average molecular weight is 428 g/mol. The second kappa shape index (κ2) is 11.5. The van der Waals surface area contributed by atoms with E-state index in [9.17, 15) is 9.59 Å². The van der Waals surface area contributed by atoms with Gasteiger partial charge in [-0.3, -0.25) is 9.59 Å². The molecule has 1 aliphatic rings. The van der Waals surface area contributed by atoms with Crippen LogP contribution >= 0.6 is 0 Å². The second-order valence-electron chi connectivity index (χ2n) is 7.34. The van der Waals surface area contributed by atoms with Gasteiger partial charge in [-0.1, -0.05) is 12.1 Å². The van der Waals surface area contributed by atoms with Gasteiger partial charge < -0.3 is 25.3 Å². The molecule has 3 rings (SSSR count). The molecular weight excluding hydrogens is 400 g/mol. The predicted molar refractivity (Wildman–Crippen MR) is 114 cm³/mol. The molecule has 0 unspecified atom stereocenters. The lowest BCUT2D eigenvalue weighted by Gasteiger charge is -2.26. The minimum Gasteiger partial charge on any atom is -0.480 e. The zero-order chi connectivity index (χ0) is 22.1. The summed E-state index contributed by atoms with van der Waals surface area (Å²) in [4.78, 5) is 25.0. The number of para-hydroxylation sites is 1. The predicted octanol–water partition coefficient (Wildman–Crippen LogP) is 1.96. The van der Waals surface area contributed by atoms with E-state index in [0.717, 1.165) is 25.7 Å². The van der Waals surface area contributed by atoms with E-state index in [1.807, 2.05) is 0 Å². The second-order valence-corrected chi connectivity index (χ2v) is 7.34. The topological polar surface area (TPSA) is 126 Å². The quantitative estimate of drug-likeness (QED) is 0.434. The molecule has 9 heteroatoms. The van der Waals surface area contributed by atoms with Crippen LogP contribution < -0.4 is 15.8 Å². The van der Waals surface area contributed by atoms with Crippen molar-refractivity contribution in [3.8, 4) is 5.88 Å². The number of ketones is 1. The number of aromatic nitrogens is 2. The van der Waals surface area contributed by atoms with Gasteiger partial charge in [0.05, 0.1) is 32.1 Å². The Kier molecular flexibility index (Phi) is 8.45. The van der Waals surface area contributed by atoms with Crippen molar-refractivity contribution in [1.29, 1.82) is 0 Å². The molecule has 0 bridgehead atoms. The maximum Gasteiger partial charge on any atom is 0.250 e. The Morgan fingerprint density at radius 2 is 1.84 bits per heavy atom. The van der Waals surface area contributed by atoms with Crippen molar-refractivity contribution < 1.29 is 23.8 Å². The molecule has 0 saturated heterocycles. The summed E-state index contributed by atoms with van der Waals surface area (Å²) in [5, 5.41) is 10.4. The van der Waals surface area contributed by atoms with E-state index in [1.165, 1.54) is 13.2 Å². The molecule has 9 nitrogen and oxygen atoms in total. The Hall–Kier alpha value is -2.88. The minimum atomic E-state index is -0.357. The van der Waals surface area contributed by atoms with E-state index < -0.39 is 0 Å². The number of hydrogen-bond acceptors (Lipinski definition) is 8. The lowest BCUT2D eigenvalue weighted by molar-refractivity contribution is -0.121. The average Bonchev–Trinajstić information content (AvgIpc) is 2.80. The highest BCUT2D eigenvalue weighted by molar-refractivity contribution is 6.12. The Morgan fingerprint density at radius 1 is 1.06 bits per heavy atom. The molecular formula is C22H28N4O5. The molecule has 1 amide bonds. The fourth-order valence-corrected chi connectivity index (χ4v) is 3.36. The molecule has 1 fully saturated rings. The maximum absolute atomic E-state index is 12.8. The SMILES string of the molecule is COc1ccc(C(=O)c2ccccc2NC(=O)COCCO[C@H]2CC[C@H](N)CC2)nn1. The van der Waals surface area contributed by atoms with Crippen molar-refractivity contribution in [2.24, 2.45) is 5.73 Å². The summed E-state index contributed by atoms with van der Waals surface area (Å²) in [7, 11) is 1.47. The Labute approximate surface area is 181 Å². The van der Waals surface area contributed by atoms with E-state index in [1.54, 1.807) is 30.3 Å². The van der Waals surface area contributed by atoms with Crippen LogP contribution in [0.2, 0.25) is 0 Å². The van der Waals surface area contributed by atoms with Crippen LogP contribution in [0.25, 0.3) is 0 Å². The summed E-state index contributed by atoms with van der Waals surface area (Å²) in [5.41, 5.74) is 6.74.